The van der Waals surface area contributed by atoms with Crippen LogP contribution in [-0.4, -0.2) is 42.7 Å². The molecule has 4 N–H and O–H groups in total. The van der Waals surface area contributed by atoms with Crippen LogP contribution in [0.4, 0.5) is 17.6 Å². The van der Waals surface area contributed by atoms with E-state index < -0.39 is 6.04 Å². The average molecular weight is 430 g/mol. The predicted molar refractivity (Wildman–Crippen MR) is 114 cm³/mol. The van der Waals surface area contributed by atoms with Crippen LogP contribution in [0.5, 0.6) is 0 Å². The third-order valence-electron chi connectivity index (χ3n) is 4.95. The van der Waals surface area contributed by atoms with Crippen LogP contribution in [0.2, 0.25) is 0 Å². The number of nitrogens with zero attached hydrogens (tertiary/aromatic N) is 5. The third kappa shape index (κ3) is 3.84. The maximum absolute atomic E-state index is 11.7. The Morgan fingerprint density at radius 3 is 2.75 bits per heavy atom. The maximum atomic E-state index is 11.7. The molecular formula is C21H18N8O3. The van der Waals surface area contributed by atoms with E-state index in [0.29, 0.717) is 35.0 Å². The number of hydrogen-bond acceptors (Lipinski definition) is 10. The van der Waals surface area contributed by atoms with E-state index in [4.69, 9.17) is 4.52 Å². The van der Waals surface area contributed by atoms with Gasteiger partial charge in [0.25, 0.3) is 11.8 Å². The van der Waals surface area contributed by atoms with Crippen LogP contribution in [-0.2, 0) is 6.54 Å². The smallest absolute Gasteiger partial charge is 0.262 e. The summed E-state index contributed by atoms with van der Waals surface area (Å²) in [7, 11) is 0. The Kier molecular flexibility index (Phi) is 5.14. The monoisotopic (exact) mass is 430 g/mol. The van der Waals surface area contributed by atoms with E-state index in [9.17, 15) is 9.90 Å². The average Bonchev–Trinajstić information content (AvgIpc) is 3.48. The summed E-state index contributed by atoms with van der Waals surface area (Å²) in [5, 5.41) is 22.6. The first kappa shape index (κ1) is 19.6. The quantitative estimate of drug-likeness (QED) is 0.343. The Morgan fingerprint density at radius 2 is 1.97 bits per heavy atom. The fraction of sp³-hybridized carbons (Fsp3) is 0.143. The molecule has 11 nitrogen and oxygen atoms in total. The lowest BCUT2D eigenvalue weighted by Gasteiger charge is -2.19. The molecule has 0 spiro atoms. The van der Waals surface area contributed by atoms with Crippen molar-refractivity contribution < 1.29 is 14.4 Å². The van der Waals surface area contributed by atoms with Gasteiger partial charge in [0.05, 0.1) is 30.5 Å². The van der Waals surface area contributed by atoms with Gasteiger partial charge in [-0.1, -0.05) is 35.5 Å². The summed E-state index contributed by atoms with van der Waals surface area (Å²) in [6, 6.07) is 12.5. The molecule has 32 heavy (non-hydrogen) atoms. The van der Waals surface area contributed by atoms with E-state index in [2.05, 4.69) is 41.0 Å². The first-order chi connectivity index (χ1) is 15.7. The summed E-state index contributed by atoms with van der Waals surface area (Å²) >= 11 is 0. The van der Waals surface area contributed by atoms with Gasteiger partial charge in [0.15, 0.2) is 6.33 Å². The molecule has 4 aromatic rings. The van der Waals surface area contributed by atoms with Gasteiger partial charge in [0, 0.05) is 6.20 Å². The summed E-state index contributed by atoms with van der Waals surface area (Å²) in [6.45, 7) is 0.218. The van der Waals surface area contributed by atoms with Gasteiger partial charge in [-0.2, -0.15) is 9.97 Å². The van der Waals surface area contributed by atoms with Crippen molar-refractivity contribution in [3.63, 3.8) is 0 Å². The van der Waals surface area contributed by atoms with Crippen LogP contribution in [0.1, 0.15) is 27.7 Å². The molecular weight excluding hydrogens is 412 g/mol. The van der Waals surface area contributed by atoms with Crippen molar-refractivity contribution in [1.29, 1.82) is 0 Å². The largest absolute Gasteiger partial charge is 0.394 e. The standard InChI is InChI=1S/C21H18N8O3/c30-10-16(12-4-2-1-3-5-12)27-18-14(20-24-11-25-32-20)8-23-21(29-18)28-17-7-6-13-15(26-17)9-22-19(13)31/h1-8,11,16,30H,9-10H2,(H,22,31)(H2,23,26,27,28,29)/t16-/m1/s1. The van der Waals surface area contributed by atoms with Crippen LogP contribution in [0.25, 0.3) is 11.5 Å². The first-order valence-corrected chi connectivity index (χ1v) is 9.83. The van der Waals surface area contributed by atoms with Crippen molar-refractivity contribution in [2.24, 2.45) is 0 Å². The number of amides is 1. The lowest BCUT2D eigenvalue weighted by Crippen LogP contribution is -2.17. The summed E-state index contributed by atoms with van der Waals surface area (Å²) < 4.78 is 5.18. The van der Waals surface area contributed by atoms with Crippen molar-refractivity contribution >= 4 is 23.5 Å². The molecule has 1 aromatic carbocycles. The predicted octanol–water partition coefficient (Wildman–Crippen LogP) is 2.05. The molecule has 5 rings (SSSR count). The minimum atomic E-state index is -0.421. The van der Waals surface area contributed by atoms with Gasteiger partial charge >= 0.3 is 0 Å². The van der Waals surface area contributed by atoms with Crippen molar-refractivity contribution in [2.75, 3.05) is 17.2 Å². The minimum Gasteiger partial charge on any atom is -0.394 e. The number of aliphatic hydroxyl groups excluding tert-OH is 1. The molecule has 0 saturated carbocycles. The van der Waals surface area contributed by atoms with Gasteiger partial charge < -0.3 is 25.6 Å². The summed E-state index contributed by atoms with van der Waals surface area (Å²) in [6.07, 6.45) is 2.83. The summed E-state index contributed by atoms with van der Waals surface area (Å²) in [4.78, 5) is 29.1. The first-order valence-electron chi connectivity index (χ1n) is 9.83. The van der Waals surface area contributed by atoms with Crippen LogP contribution in [0.15, 0.2) is 59.5 Å². The van der Waals surface area contributed by atoms with E-state index in [-0.39, 0.29) is 24.4 Å². The van der Waals surface area contributed by atoms with Crippen molar-refractivity contribution in [2.45, 2.75) is 12.6 Å². The Morgan fingerprint density at radius 1 is 1.09 bits per heavy atom. The van der Waals surface area contributed by atoms with Gasteiger partial charge in [-0.3, -0.25) is 4.79 Å². The highest BCUT2D eigenvalue weighted by Gasteiger charge is 2.21. The van der Waals surface area contributed by atoms with Crippen LogP contribution in [0, 0.1) is 0 Å². The summed E-state index contributed by atoms with van der Waals surface area (Å²) in [5.41, 5.74) is 2.58. The number of aromatic nitrogens is 5. The van der Waals surface area contributed by atoms with Crippen molar-refractivity contribution in [3.8, 4) is 11.5 Å². The van der Waals surface area contributed by atoms with E-state index in [0.717, 1.165) is 5.56 Å². The van der Waals surface area contributed by atoms with Gasteiger partial charge in [0.2, 0.25) is 5.95 Å². The molecule has 0 unspecified atom stereocenters. The number of rotatable bonds is 7. The van der Waals surface area contributed by atoms with Crippen LogP contribution < -0.4 is 16.0 Å². The molecule has 11 heteroatoms. The molecule has 1 atom stereocenters. The SMILES string of the molecule is O=C1NCc2nc(Nc3ncc(-c4ncno4)c(N[C@H](CO)c4ccccc4)n3)ccc21. The second-order valence-corrected chi connectivity index (χ2v) is 6.99. The molecule has 0 saturated heterocycles. The molecule has 0 aliphatic carbocycles. The van der Waals surface area contributed by atoms with Gasteiger partial charge in [0.1, 0.15) is 17.2 Å². The highest BCUT2D eigenvalue weighted by molar-refractivity contribution is 5.97. The van der Waals surface area contributed by atoms with Gasteiger partial charge in [-0.05, 0) is 17.7 Å². The number of hydrogen-bond donors (Lipinski definition) is 4. The zero-order valence-electron chi connectivity index (χ0n) is 16.7. The van der Waals surface area contributed by atoms with E-state index >= 15 is 0 Å². The Hall–Kier alpha value is -4.38. The molecule has 1 amide bonds. The number of carbonyl (C=O) groups is 1. The third-order valence-corrected chi connectivity index (χ3v) is 4.95. The maximum Gasteiger partial charge on any atom is 0.262 e. The highest BCUT2D eigenvalue weighted by Crippen LogP contribution is 2.29. The fourth-order valence-corrected chi connectivity index (χ4v) is 3.37. The molecule has 4 heterocycles. The molecule has 1 aliphatic heterocycles. The lowest BCUT2D eigenvalue weighted by atomic mass is 10.1. The molecule has 3 aromatic heterocycles. The normalized spacial score (nSPS) is 13.3. The molecule has 0 radical (unpaired) electrons. The topological polar surface area (TPSA) is 151 Å². The van der Waals surface area contributed by atoms with Crippen molar-refractivity contribution in [1.82, 2.24) is 30.4 Å². The zero-order valence-corrected chi connectivity index (χ0v) is 16.7. The second-order valence-electron chi connectivity index (χ2n) is 6.99. The number of benzene rings is 1. The van der Waals surface area contributed by atoms with E-state index in [1.165, 1.54) is 6.33 Å². The van der Waals surface area contributed by atoms with E-state index in [1.54, 1.807) is 18.3 Å². The second kappa shape index (κ2) is 8.40. The number of fused-ring (bicyclic) bond motifs is 1. The van der Waals surface area contributed by atoms with Crippen LogP contribution in [0.3, 0.4) is 0 Å². The number of nitrogens with one attached hydrogen (secondary N) is 3. The van der Waals surface area contributed by atoms with Gasteiger partial charge in [-0.25, -0.2) is 9.97 Å². The molecule has 160 valence electrons. The zero-order chi connectivity index (χ0) is 21.9. The molecule has 1 aliphatic rings. The minimum absolute atomic E-state index is 0.137. The molecule has 0 fully saturated rings. The number of carbonyl (C=O) groups excluding carboxylic acids is 1. The van der Waals surface area contributed by atoms with Crippen LogP contribution >= 0.6 is 0 Å². The number of anilines is 3. The Bertz CT molecular complexity index is 1250. The Labute approximate surface area is 182 Å². The summed E-state index contributed by atoms with van der Waals surface area (Å²) in [5.74, 6) is 1.27. The Balaban J connectivity index is 1.47. The molecule has 0 bridgehead atoms. The number of aliphatic hydroxyl groups is 1. The van der Waals surface area contributed by atoms with E-state index in [1.807, 2.05) is 30.3 Å². The highest BCUT2D eigenvalue weighted by atomic mass is 16.5. The van der Waals surface area contributed by atoms with Crippen molar-refractivity contribution in [3.05, 3.63) is 71.8 Å². The van der Waals surface area contributed by atoms with Gasteiger partial charge in [-0.15, -0.1) is 0 Å². The lowest BCUT2D eigenvalue weighted by molar-refractivity contribution is 0.0965. The fourth-order valence-electron chi connectivity index (χ4n) is 3.37. The number of pyridine rings is 1.